The minimum absolute atomic E-state index is 0.137. The number of nitrogens with one attached hydrogen (secondary N) is 2. The van der Waals surface area contributed by atoms with Gasteiger partial charge in [0.05, 0.1) is 5.69 Å². The molecule has 2 heterocycles. The summed E-state index contributed by atoms with van der Waals surface area (Å²) in [7, 11) is 0. The van der Waals surface area contributed by atoms with E-state index in [0.717, 1.165) is 0 Å². The lowest BCUT2D eigenvalue weighted by atomic mass is 10.2. The van der Waals surface area contributed by atoms with Gasteiger partial charge in [-0.25, -0.2) is 14.4 Å². The van der Waals surface area contributed by atoms with Gasteiger partial charge in [-0.3, -0.25) is 4.79 Å². The first-order chi connectivity index (χ1) is 13.6. The summed E-state index contributed by atoms with van der Waals surface area (Å²) >= 11 is 0. The number of fused-ring (bicyclic) bond motifs is 1. The van der Waals surface area contributed by atoms with Crippen LogP contribution in [-0.4, -0.2) is 29.1 Å². The van der Waals surface area contributed by atoms with Crippen molar-refractivity contribution in [1.82, 2.24) is 9.97 Å². The molecule has 0 aliphatic carbocycles. The Morgan fingerprint density at radius 2 is 1.82 bits per heavy atom. The van der Waals surface area contributed by atoms with Gasteiger partial charge in [-0.05, 0) is 37.3 Å². The fourth-order valence-electron chi connectivity index (χ4n) is 2.74. The van der Waals surface area contributed by atoms with Crippen molar-refractivity contribution in [2.24, 2.45) is 0 Å². The number of carbonyl (C=O) groups is 1. The lowest BCUT2D eigenvalue weighted by Crippen LogP contribution is -2.17. The van der Waals surface area contributed by atoms with Crippen LogP contribution in [0.3, 0.4) is 0 Å². The van der Waals surface area contributed by atoms with E-state index in [2.05, 4.69) is 20.6 Å². The normalized spacial score (nSPS) is 12.4. The van der Waals surface area contributed by atoms with Crippen molar-refractivity contribution < 1.29 is 18.7 Å². The molecule has 1 aliphatic heterocycles. The van der Waals surface area contributed by atoms with Crippen molar-refractivity contribution in [3.8, 4) is 11.5 Å². The maximum Gasteiger partial charge on any atom is 0.274 e. The average Bonchev–Trinajstić information content (AvgIpc) is 2.69. The molecular weight excluding hydrogens is 363 g/mol. The molecule has 3 aromatic rings. The zero-order chi connectivity index (χ0) is 19.5. The number of carbonyl (C=O) groups excluding carboxylic acids is 1. The van der Waals surface area contributed by atoms with E-state index in [9.17, 15) is 9.18 Å². The second-order valence-electron chi connectivity index (χ2n) is 6.14. The van der Waals surface area contributed by atoms with E-state index in [1.807, 2.05) is 0 Å². The van der Waals surface area contributed by atoms with E-state index in [1.54, 1.807) is 49.4 Å². The van der Waals surface area contributed by atoms with Gasteiger partial charge >= 0.3 is 0 Å². The van der Waals surface area contributed by atoms with Crippen LogP contribution in [0.15, 0.2) is 48.5 Å². The molecule has 8 heteroatoms. The standard InChI is InChI=1S/C20H17FN4O3/c1-12-10-16(25-20(22-12)24-15-5-3-2-4-14(15)21)19(26)23-13-6-7-17-18(11-13)28-9-8-27-17/h2-7,10-11H,8-9H2,1H3,(H,23,26)(H,22,24,25). The van der Waals surface area contributed by atoms with E-state index < -0.39 is 11.7 Å². The quantitative estimate of drug-likeness (QED) is 0.718. The molecule has 2 N–H and O–H groups in total. The van der Waals surface area contributed by atoms with Crippen LogP contribution in [-0.2, 0) is 0 Å². The Kier molecular flexibility index (Phi) is 4.76. The maximum atomic E-state index is 13.8. The smallest absolute Gasteiger partial charge is 0.274 e. The SMILES string of the molecule is Cc1cc(C(=O)Nc2ccc3c(c2)OCCO3)nc(Nc2ccccc2F)n1. The van der Waals surface area contributed by atoms with Crippen molar-refractivity contribution in [3.05, 3.63) is 65.7 Å². The zero-order valence-corrected chi connectivity index (χ0v) is 15.0. The Labute approximate surface area is 160 Å². The van der Waals surface area contributed by atoms with E-state index >= 15 is 0 Å². The number of ether oxygens (including phenoxy) is 2. The number of aromatic nitrogens is 2. The highest BCUT2D eigenvalue weighted by molar-refractivity contribution is 6.03. The third-order valence-corrected chi connectivity index (χ3v) is 4.01. The van der Waals surface area contributed by atoms with E-state index in [-0.39, 0.29) is 17.3 Å². The first kappa shape index (κ1) is 17.7. The summed E-state index contributed by atoms with van der Waals surface area (Å²) in [6.45, 7) is 2.69. The second kappa shape index (κ2) is 7.51. The number of rotatable bonds is 4. The van der Waals surface area contributed by atoms with Crippen LogP contribution in [0, 0.1) is 12.7 Å². The summed E-state index contributed by atoms with van der Waals surface area (Å²) < 4.78 is 24.8. The first-order valence-corrected chi connectivity index (χ1v) is 8.67. The van der Waals surface area contributed by atoms with Gasteiger partial charge in [-0.2, -0.15) is 0 Å². The Balaban J connectivity index is 1.54. The molecule has 0 bridgehead atoms. The summed E-state index contributed by atoms with van der Waals surface area (Å²) in [6.07, 6.45) is 0. The number of para-hydroxylation sites is 1. The van der Waals surface area contributed by atoms with Gasteiger partial charge in [0.25, 0.3) is 5.91 Å². The summed E-state index contributed by atoms with van der Waals surface area (Å²) in [6, 6.07) is 12.9. The van der Waals surface area contributed by atoms with E-state index in [0.29, 0.717) is 36.1 Å². The Morgan fingerprint density at radius 3 is 2.64 bits per heavy atom. The molecule has 0 atom stereocenters. The highest BCUT2D eigenvalue weighted by Crippen LogP contribution is 2.32. The lowest BCUT2D eigenvalue weighted by Gasteiger charge is -2.19. The Hall–Kier alpha value is -3.68. The van der Waals surface area contributed by atoms with Crippen molar-refractivity contribution in [2.45, 2.75) is 6.92 Å². The van der Waals surface area contributed by atoms with Gasteiger partial charge in [-0.1, -0.05) is 12.1 Å². The van der Waals surface area contributed by atoms with E-state index in [1.165, 1.54) is 6.07 Å². The predicted octanol–water partition coefficient (Wildman–Crippen LogP) is 3.69. The largest absolute Gasteiger partial charge is 0.486 e. The van der Waals surface area contributed by atoms with Gasteiger partial charge in [0, 0.05) is 17.4 Å². The van der Waals surface area contributed by atoms with Crippen LogP contribution >= 0.6 is 0 Å². The van der Waals surface area contributed by atoms with Crippen molar-refractivity contribution in [3.63, 3.8) is 0 Å². The third kappa shape index (κ3) is 3.85. The van der Waals surface area contributed by atoms with Gasteiger partial charge < -0.3 is 20.1 Å². The summed E-state index contributed by atoms with van der Waals surface area (Å²) in [5, 5.41) is 5.57. The minimum Gasteiger partial charge on any atom is -0.486 e. The number of nitrogens with zero attached hydrogens (tertiary/aromatic N) is 2. The predicted molar refractivity (Wildman–Crippen MR) is 102 cm³/mol. The molecule has 28 heavy (non-hydrogen) atoms. The van der Waals surface area contributed by atoms with Gasteiger partial charge in [-0.15, -0.1) is 0 Å². The van der Waals surface area contributed by atoms with Crippen LogP contribution in [0.1, 0.15) is 16.2 Å². The van der Waals surface area contributed by atoms with Gasteiger partial charge in [0.15, 0.2) is 11.5 Å². The van der Waals surface area contributed by atoms with E-state index in [4.69, 9.17) is 9.47 Å². The number of anilines is 3. The van der Waals surface area contributed by atoms with Gasteiger partial charge in [0.1, 0.15) is 24.7 Å². The van der Waals surface area contributed by atoms with Crippen LogP contribution in [0.25, 0.3) is 0 Å². The van der Waals surface area contributed by atoms with Crippen LogP contribution in [0.4, 0.5) is 21.7 Å². The molecule has 1 aliphatic rings. The molecule has 142 valence electrons. The summed E-state index contributed by atoms with van der Waals surface area (Å²) in [5.74, 6) is 0.495. The third-order valence-electron chi connectivity index (χ3n) is 4.01. The lowest BCUT2D eigenvalue weighted by molar-refractivity contribution is 0.102. The maximum absolute atomic E-state index is 13.8. The molecule has 1 aromatic heterocycles. The summed E-state index contributed by atoms with van der Waals surface area (Å²) in [5.41, 5.74) is 1.50. The van der Waals surface area contributed by atoms with Crippen LogP contribution in [0.5, 0.6) is 11.5 Å². The molecule has 1 amide bonds. The zero-order valence-electron chi connectivity index (χ0n) is 15.0. The number of halogens is 1. The number of aryl methyl sites for hydroxylation is 1. The average molecular weight is 380 g/mol. The number of benzene rings is 2. The summed E-state index contributed by atoms with van der Waals surface area (Å²) in [4.78, 5) is 21.0. The molecule has 4 rings (SSSR count). The number of amides is 1. The Morgan fingerprint density at radius 1 is 1.04 bits per heavy atom. The molecule has 0 fully saturated rings. The van der Waals surface area contributed by atoms with Crippen molar-refractivity contribution in [2.75, 3.05) is 23.8 Å². The molecule has 0 saturated carbocycles. The second-order valence-corrected chi connectivity index (χ2v) is 6.14. The molecule has 7 nitrogen and oxygen atoms in total. The van der Waals surface area contributed by atoms with Crippen LogP contribution < -0.4 is 20.1 Å². The first-order valence-electron chi connectivity index (χ1n) is 8.67. The van der Waals surface area contributed by atoms with Crippen LogP contribution in [0.2, 0.25) is 0 Å². The fourth-order valence-corrected chi connectivity index (χ4v) is 2.74. The Bertz CT molecular complexity index is 1040. The van der Waals surface area contributed by atoms with Gasteiger partial charge in [0.2, 0.25) is 5.95 Å². The number of hydrogen-bond donors (Lipinski definition) is 2. The molecule has 0 radical (unpaired) electrons. The monoisotopic (exact) mass is 380 g/mol. The number of hydrogen-bond acceptors (Lipinski definition) is 6. The van der Waals surface area contributed by atoms with Crippen molar-refractivity contribution in [1.29, 1.82) is 0 Å². The topological polar surface area (TPSA) is 85.4 Å². The molecule has 0 saturated heterocycles. The van der Waals surface area contributed by atoms with Crippen molar-refractivity contribution >= 4 is 23.2 Å². The molecule has 0 unspecified atom stereocenters. The minimum atomic E-state index is -0.435. The highest BCUT2D eigenvalue weighted by atomic mass is 19.1. The highest BCUT2D eigenvalue weighted by Gasteiger charge is 2.15. The fraction of sp³-hybridized carbons (Fsp3) is 0.150. The molecular formula is C20H17FN4O3. The molecule has 0 spiro atoms. The molecule has 2 aromatic carbocycles.